The Morgan fingerprint density at radius 1 is 1.53 bits per heavy atom. The lowest BCUT2D eigenvalue weighted by molar-refractivity contribution is -0.104. The number of ether oxygens (including phenoxy) is 1. The molecule has 17 heavy (non-hydrogen) atoms. The van der Waals surface area contributed by atoms with Crippen LogP contribution in [0.4, 0.5) is 5.69 Å². The van der Waals surface area contributed by atoms with Gasteiger partial charge in [0.25, 0.3) is 0 Å². The van der Waals surface area contributed by atoms with Crippen molar-refractivity contribution in [2.24, 2.45) is 11.7 Å². The zero-order chi connectivity index (χ0) is 11.8. The average molecular weight is 233 g/mol. The molecule has 3 rings (SSSR count). The van der Waals surface area contributed by atoms with Crippen molar-refractivity contribution in [3.8, 4) is 0 Å². The van der Waals surface area contributed by atoms with Gasteiger partial charge < -0.3 is 15.8 Å². The Labute approximate surface area is 102 Å². The van der Waals surface area contributed by atoms with Crippen molar-refractivity contribution in [3.05, 3.63) is 24.0 Å². The molecule has 2 fully saturated rings. The summed E-state index contributed by atoms with van der Waals surface area (Å²) in [4.78, 5) is 4.09. The van der Waals surface area contributed by atoms with E-state index in [0.717, 1.165) is 24.3 Å². The number of hydrogen-bond acceptors (Lipinski definition) is 4. The van der Waals surface area contributed by atoms with E-state index in [1.807, 2.05) is 12.3 Å². The molecule has 92 valence electrons. The molecule has 1 aliphatic carbocycles. The van der Waals surface area contributed by atoms with Crippen LogP contribution in [0.25, 0.3) is 0 Å². The van der Waals surface area contributed by atoms with E-state index in [1.165, 1.54) is 6.42 Å². The minimum Gasteiger partial charge on any atom is -0.378 e. The Balaban J connectivity index is 1.72. The Hall–Kier alpha value is -1.13. The maximum Gasteiger partial charge on any atom is 0.0834 e. The average Bonchev–Trinajstić information content (AvgIpc) is 2.37. The summed E-state index contributed by atoms with van der Waals surface area (Å²) in [5, 5.41) is 3.51. The summed E-state index contributed by atoms with van der Waals surface area (Å²) < 4.78 is 5.81. The van der Waals surface area contributed by atoms with Crippen LogP contribution in [0.2, 0.25) is 0 Å². The fraction of sp³-hybridized carbons (Fsp3) is 0.615. The summed E-state index contributed by atoms with van der Waals surface area (Å²) in [7, 11) is 0. The van der Waals surface area contributed by atoms with Gasteiger partial charge in [-0.25, -0.2) is 0 Å². The topological polar surface area (TPSA) is 60.2 Å². The highest BCUT2D eigenvalue weighted by Gasteiger charge is 2.50. The van der Waals surface area contributed by atoms with Crippen LogP contribution >= 0.6 is 0 Å². The van der Waals surface area contributed by atoms with Crippen molar-refractivity contribution >= 4 is 5.69 Å². The van der Waals surface area contributed by atoms with Gasteiger partial charge in [-0.1, -0.05) is 0 Å². The monoisotopic (exact) mass is 233 g/mol. The van der Waals surface area contributed by atoms with Gasteiger partial charge in [0.05, 0.1) is 12.1 Å². The highest BCUT2D eigenvalue weighted by Crippen LogP contribution is 2.38. The largest absolute Gasteiger partial charge is 0.378 e. The number of nitrogens with two attached hydrogens (primary N) is 1. The summed E-state index contributed by atoms with van der Waals surface area (Å²) in [6.07, 6.45) is 6.32. The predicted octanol–water partition coefficient (Wildman–Crippen LogP) is 1.31. The summed E-state index contributed by atoms with van der Waals surface area (Å²) in [5.74, 6) is 0.545. The number of anilines is 1. The number of nitrogens with one attached hydrogen (secondary N) is 1. The number of pyridine rings is 1. The van der Waals surface area contributed by atoms with Crippen LogP contribution in [0, 0.1) is 12.8 Å². The molecule has 3 N–H and O–H groups in total. The van der Waals surface area contributed by atoms with Gasteiger partial charge in [-0.05, 0) is 31.4 Å². The zero-order valence-corrected chi connectivity index (χ0v) is 10.1. The van der Waals surface area contributed by atoms with Gasteiger partial charge in [-0.15, -0.1) is 0 Å². The van der Waals surface area contributed by atoms with Gasteiger partial charge >= 0.3 is 0 Å². The molecule has 2 aliphatic rings. The summed E-state index contributed by atoms with van der Waals surface area (Å²) >= 11 is 0. The molecule has 1 saturated carbocycles. The second-order valence-corrected chi connectivity index (χ2v) is 5.08. The molecule has 0 aromatic carbocycles. The lowest BCUT2D eigenvalue weighted by Crippen LogP contribution is -2.69. The molecule has 1 saturated heterocycles. The predicted molar refractivity (Wildman–Crippen MR) is 66.8 cm³/mol. The molecular formula is C13H19N3O. The third kappa shape index (κ3) is 1.81. The Morgan fingerprint density at radius 2 is 2.41 bits per heavy atom. The van der Waals surface area contributed by atoms with E-state index >= 15 is 0 Å². The maximum atomic E-state index is 6.22. The third-order valence-electron chi connectivity index (χ3n) is 4.02. The number of aryl methyl sites for hydroxylation is 1. The Morgan fingerprint density at radius 3 is 3.24 bits per heavy atom. The number of fused-ring (bicyclic) bond motifs is 1. The van der Waals surface area contributed by atoms with Crippen LogP contribution in [0.15, 0.2) is 18.5 Å². The molecule has 1 aromatic rings. The van der Waals surface area contributed by atoms with E-state index in [4.69, 9.17) is 10.5 Å². The lowest BCUT2D eigenvalue weighted by Gasteiger charge is -2.52. The highest BCUT2D eigenvalue weighted by atomic mass is 16.5. The first kappa shape index (κ1) is 11.0. The quantitative estimate of drug-likeness (QED) is 0.808. The standard InChI is InChI=1S/C13H19N3O/c1-8-7-15-5-4-10(8)16-12-11(14)9-3-2-6-17-13(9)12/h4-5,7,9,11-13H,2-3,6,14H2,1H3,(H,15,16). The summed E-state index contributed by atoms with van der Waals surface area (Å²) in [6, 6.07) is 2.47. The van der Waals surface area contributed by atoms with Crippen molar-refractivity contribution < 1.29 is 4.74 Å². The molecule has 4 unspecified atom stereocenters. The molecule has 1 aromatic heterocycles. The Kier molecular flexibility index (Phi) is 2.76. The van der Waals surface area contributed by atoms with Gasteiger partial charge in [-0.3, -0.25) is 4.98 Å². The second kappa shape index (κ2) is 4.27. The van der Waals surface area contributed by atoms with Gasteiger partial charge in [0.1, 0.15) is 0 Å². The molecule has 4 heteroatoms. The van der Waals surface area contributed by atoms with Gasteiger partial charge in [0.2, 0.25) is 0 Å². The van der Waals surface area contributed by atoms with Crippen molar-refractivity contribution in [2.45, 2.75) is 38.0 Å². The molecule has 0 spiro atoms. The first-order chi connectivity index (χ1) is 8.27. The van der Waals surface area contributed by atoms with E-state index < -0.39 is 0 Å². The van der Waals surface area contributed by atoms with Gasteiger partial charge in [-0.2, -0.15) is 0 Å². The van der Waals surface area contributed by atoms with Gasteiger partial charge in [0, 0.05) is 36.6 Å². The van der Waals surface area contributed by atoms with Crippen molar-refractivity contribution in [1.29, 1.82) is 0 Å². The van der Waals surface area contributed by atoms with Gasteiger partial charge in [0.15, 0.2) is 0 Å². The maximum absolute atomic E-state index is 6.22. The summed E-state index contributed by atoms with van der Waals surface area (Å²) in [6.45, 7) is 2.93. The van der Waals surface area contributed by atoms with Crippen molar-refractivity contribution in [1.82, 2.24) is 4.98 Å². The molecule has 4 atom stereocenters. The van der Waals surface area contributed by atoms with Crippen LogP contribution in [-0.2, 0) is 4.74 Å². The zero-order valence-electron chi connectivity index (χ0n) is 10.1. The third-order valence-corrected chi connectivity index (χ3v) is 4.02. The van der Waals surface area contributed by atoms with E-state index in [0.29, 0.717) is 12.0 Å². The first-order valence-corrected chi connectivity index (χ1v) is 6.32. The SMILES string of the molecule is Cc1cnccc1NC1C(N)C2CCCOC21. The lowest BCUT2D eigenvalue weighted by atomic mass is 9.68. The van der Waals surface area contributed by atoms with Crippen LogP contribution < -0.4 is 11.1 Å². The first-order valence-electron chi connectivity index (χ1n) is 6.32. The summed E-state index contributed by atoms with van der Waals surface area (Å²) in [5.41, 5.74) is 8.49. The molecular weight excluding hydrogens is 214 g/mol. The minimum absolute atomic E-state index is 0.216. The van der Waals surface area contributed by atoms with Crippen molar-refractivity contribution in [2.75, 3.05) is 11.9 Å². The van der Waals surface area contributed by atoms with E-state index in [1.54, 1.807) is 6.20 Å². The minimum atomic E-state index is 0.216. The molecule has 2 heterocycles. The fourth-order valence-electron chi connectivity index (χ4n) is 2.94. The van der Waals surface area contributed by atoms with Crippen LogP contribution in [0.5, 0.6) is 0 Å². The molecule has 4 nitrogen and oxygen atoms in total. The Bertz CT molecular complexity index is 409. The molecule has 0 radical (unpaired) electrons. The smallest absolute Gasteiger partial charge is 0.0834 e. The van der Waals surface area contributed by atoms with Crippen LogP contribution in [-0.4, -0.2) is 29.8 Å². The van der Waals surface area contributed by atoms with E-state index in [2.05, 4.69) is 17.2 Å². The molecule has 1 aliphatic heterocycles. The van der Waals surface area contributed by atoms with Crippen molar-refractivity contribution in [3.63, 3.8) is 0 Å². The van der Waals surface area contributed by atoms with Crippen LogP contribution in [0.3, 0.4) is 0 Å². The number of nitrogens with zero attached hydrogens (tertiary/aromatic N) is 1. The molecule has 0 amide bonds. The normalized spacial score (nSPS) is 35.9. The molecule has 0 bridgehead atoms. The number of hydrogen-bond donors (Lipinski definition) is 2. The second-order valence-electron chi connectivity index (χ2n) is 5.08. The fourth-order valence-corrected chi connectivity index (χ4v) is 2.94. The van der Waals surface area contributed by atoms with E-state index in [-0.39, 0.29) is 12.1 Å². The van der Waals surface area contributed by atoms with E-state index in [9.17, 15) is 0 Å². The number of aromatic nitrogens is 1. The highest BCUT2D eigenvalue weighted by molar-refractivity contribution is 5.50. The van der Waals surface area contributed by atoms with Crippen LogP contribution in [0.1, 0.15) is 18.4 Å². The number of rotatable bonds is 2.